The lowest BCUT2D eigenvalue weighted by Crippen LogP contribution is -2.60. The van der Waals surface area contributed by atoms with Crippen LogP contribution >= 0.6 is 0 Å². The minimum atomic E-state index is -0.727. The standard InChI is InChI=1S/C11H24N4O/c1-6-11(7-2,8(12)13)15-9(16)14-10(3,4)5/h6-7H2,1-5H3,(H3,12,13)(H2,14,15,16). The lowest BCUT2D eigenvalue weighted by atomic mass is 9.91. The summed E-state index contributed by atoms with van der Waals surface area (Å²) in [4.78, 5) is 11.7. The van der Waals surface area contributed by atoms with Gasteiger partial charge in [-0.15, -0.1) is 0 Å². The van der Waals surface area contributed by atoms with E-state index in [1.807, 2.05) is 34.6 Å². The summed E-state index contributed by atoms with van der Waals surface area (Å²) in [5.41, 5.74) is 4.52. The molecule has 0 rings (SSSR count). The number of amidine groups is 1. The molecule has 0 aliphatic carbocycles. The highest BCUT2D eigenvalue weighted by molar-refractivity contribution is 5.91. The van der Waals surface area contributed by atoms with Crippen LogP contribution in [0.5, 0.6) is 0 Å². The van der Waals surface area contributed by atoms with Gasteiger partial charge in [0.25, 0.3) is 0 Å². The van der Waals surface area contributed by atoms with E-state index in [2.05, 4.69) is 10.6 Å². The molecule has 0 atom stereocenters. The number of hydrogen-bond acceptors (Lipinski definition) is 2. The monoisotopic (exact) mass is 228 g/mol. The van der Waals surface area contributed by atoms with Crippen molar-refractivity contribution in [2.45, 2.75) is 58.5 Å². The topological polar surface area (TPSA) is 91.0 Å². The van der Waals surface area contributed by atoms with Crippen LogP contribution in [0.25, 0.3) is 0 Å². The predicted octanol–water partition coefficient (Wildman–Crippen LogP) is 1.58. The Morgan fingerprint density at radius 2 is 1.62 bits per heavy atom. The molecule has 2 amide bonds. The van der Waals surface area contributed by atoms with Crippen LogP contribution in [0.3, 0.4) is 0 Å². The van der Waals surface area contributed by atoms with E-state index in [9.17, 15) is 4.79 Å². The fraction of sp³-hybridized carbons (Fsp3) is 0.818. The first-order valence-electron chi connectivity index (χ1n) is 5.61. The van der Waals surface area contributed by atoms with Gasteiger partial charge in [0.2, 0.25) is 0 Å². The maximum atomic E-state index is 11.7. The second-order valence-corrected chi connectivity index (χ2v) is 5.03. The summed E-state index contributed by atoms with van der Waals surface area (Å²) in [6.45, 7) is 9.52. The van der Waals surface area contributed by atoms with Gasteiger partial charge in [-0.05, 0) is 33.6 Å². The number of carbonyl (C=O) groups is 1. The summed E-state index contributed by atoms with van der Waals surface area (Å²) in [6, 6.07) is -0.286. The Bertz CT molecular complexity index is 264. The molecule has 0 aliphatic rings. The fourth-order valence-corrected chi connectivity index (χ4v) is 1.46. The van der Waals surface area contributed by atoms with Gasteiger partial charge in [-0.2, -0.15) is 0 Å². The van der Waals surface area contributed by atoms with Crippen LogP contribution in [0.2, 0.25) is 0 Å². The van der Waals surface area contributed by atoms with E-state index in [4.69, 9.17) is 11.1 Å². The molecule has 0 saturated carbocycles. The Morgan fingerprint density at radius 3 is 1.88 bits per heavy atom. The minimum absolute atomic E-state index is 0.00144. The van der Waals surface area contributed by atoms with Crippen molar-refractivity contribution in [1.29, 1.82) is 5.41 Å². The molecule has 0 bridgehead atoms. The summed E-state index contributed by atoms with van der Waals surface area (Å²) >= 11 is 0. The molecule has 0 aliphatic heterocycles. The van der Waals surface area contributed by atoms with E-state index in [-0.39, 0.29) is 17.4 Å². The van der Waals surface area contributed by atoms with Gasteiger partial charge in [-0.3, -0.25) is 5.41 Å². The van der Waals surface area contributed by atoms with E-state index in [1.165, 1.54) is 0 Å². The van der Waals surface area contributed by atoms with Gasteiger partial charge in [-0.1, -0.05) is 13.8 Å². The van der Waals surface area contributed by atoms with E-state index in [1.54, 1.807) is 0 Å². The molecule has 0 heterocycles. The SMILES string of the molecule is CCC(CC)(NC(=O)NC(C)(C)C)C(=N)N. The second-order valence-electron chi connectivity index (χ2n) is 5.03. The van der Waals surface area contributed by atoms with Crippen LogP contribution in [0.4, 0.5) is 4.79 Å². The number of nitrogens with two attached hydrogens (primary N) is 1. The third-order valence-corrected chi connectivity index (χ3v) is 2.56. The first-order valence-corrected chi connectivity index (χ1v) is 5.61. The average molecular weight is 228 g/mol. The zero-order chi connectivity index (χ0) is 13.0. The molecule has 5 N–H and O–H groups in total. The van der Waals surface area contributed by atoms with Crippen LogP contribution in [-0.4, -0.2) is 22.9 Å². The van der Waals surface area contributed by atoms with Crippen molar-refractivity contribution in [1.82, 2.24) is 10.6 Å². The quantitative estimate of drug-likeness (QED) is 0.434. The lowest BCUT2D eigenvalue weighted by molar-refractivity contribution is 0.222. The first kappa shape index (κ1) is 14.7. The van der Waals surface area contributed by atoms with Crippen LogP contribution in [0.15, 0.2) is 0 Å². The van der Waals surface area contributed by atoms with Gasteiger partial charge in [0, 0.05) is 5.54 Å². The van der Waals surface area contributed by atoms with Gasteiger partial charge >= 0.3 is 6.03 Å². The number of urea groups is 1. The zero-order valence-corrected chi connectivity index (χ0v) is 10.9. The number of rotatable bonds is 4. The molecular weight excluding hydrogens is 204 g/mol. The number of nitrogens with one attached hydrogen (secondary N) is 3. The number of amides is 2. The van der Waals surface area contributed by atoms with E-state index < -0.39 is 5.54 Å². The molecule has 0 aromatic rings. The molecule has 94 valence electrons. The van der Waals surface area contributed by atoms with E-state index in [0.29, 0.717) is 12.8 Å². The summed E-state index contributed by atoms with van der Waals surface area (Å²) < 4.78 is 0. The highest BCUT2D eigenvalue weighted by atomic mass is 16.2. The molecule has 5 nitrogen and oxygen atoms in total. The van der Waals surface area contributed by atoms with Crippen molar-refractivity contribution in [2.75, 3.05) is 0 Å². The largest absolute Gasteiger partial charge is 0.386 e. The van der Waals surface area contributed by atoms with Gasteiger partial charge in [0.15, 0.2) is 0 Å². The Balaban J connectivity index is 4.66. The van der Waals surface area contributed by atoms with Crippen molar-refractivity contribution in [3.05, 3.63) is 0 Å². The third-order valence-electron chi connectivity index (χ3n) is 2.56. The minimum Gasteiger partial charge on any atom is -0.386 e. The Kier molecular flexibility index (Phi) is 4.78. The molecule has 0 fully saturated rings. The van der Waals surface area contributed by atoms with E-state index in [0.717, 1.165) is 0 Å². The molecule has 0 spiro atoms. The number of hydrogen-bond donors (Lipinski definition) is 4. The Labute approximate surface area is 97.7 Å². The summed E-state index contributed by atoms with van der Waals surface area (Å²) in [5.74, 6) is 0.00144. The summed E-state index contributed by atoms with van der Waals surface area (Å²) in [7, 11) is 0. The summed E-state index contributed by atoms with van der Waals surface area (Å²) in [6.07, 6.45) is 1.22. The van der Waals surface area contributed by atoms with Crippen molar-refractivity contribution in [3.63, 3.8) is 0 Å². The highest BCUT2D eigenvalue weighted by Gasteiger charge is 2.32. The molecule has 0 radical (unpaired) electrons. The van der Waals surface area contributed by atoms with Crippen LogP contribution < -0.4 is 16.4 Å². The molecule has 5 heteroatoms. The second kappa shape index (κ2) is 5.18. The Morgan fingerprint density at radius 1 is 1.19 bits per heavy atom. The van der Waals surface area contributed by atoms with Gasteiger partial charge in [-0.25, -0.2) is 4.79 Å². The third kappa shape index (κ3) is 4.08. The molecular formula is C11H24N4O. The highest BCUT2D eigenvalue weighted by Crippen LogP contribution is 2.14. The fourth-order valence-electron chi connectivity index (χ4n) is 1.46. The number of carbonyl (C=O) groups excluding carboxylic acids is 1. The average Bonchev–Trinajstić information content (AvgIpc) is 2.10. The van der Waals surface area contributed by atoms with Crippen LogP contribution in [0.1, 0.15) is 47.5 Å². The molecule has 0 aromatic heterocycles. The van der Waals surface area contributed by atoms with E-state index >= 15 is 0 Å². The maximum Gasteiger partial charge on any atom is 0.315 e. The lowest BCUT2D eigenvalue weighted by Gasteiger charge is -2.33. The van der Waals surface area contributed by atoms with Crippen molar-refractivity contribution >= 4 is 11.9 Å². The zero-order valence-electron chi connectivity index (χ0n) is 10.9. The van der Waals surface area contributed by atoms with Gasteiger partial charge < -0.3 is 16.4 Å². The smallest absolute Gasteiger partial charge is 0.315 e. The maximum absolute atomic E-state index is 11.7. The van der Waals surface area contributed by atoms with Gasteiger partial charge in [0.1, 0.15) is 5.84 Å². The molecule has 0 unspecified atom stereocenters. The molecule has 16 heavy (non-hydrogen) atoms. The van der Waals surface area contributed by atoms with Crippen LogP contribution in [-0.2, 0) is 0 Å². The van der Waals surface area contributed by atoms with Crippen molar-refractivity contribution in [3.8, 4) is 0 Å². The van der Waals surface area contributed by atoms with Crippen molar-refractivity contribution in [2.24, 2.45) is 5.73 Å². The van der Waals surface area contributed by atoms with Crippen LogP contribution in [0, 0.1) is 5.41 Å². The summed E-state index contributed by atoms with van der Waals surface area (Å²) in [5, 5.41) is 13.1. The Hall–Kier alpha value is -1.26. The molecule has 0 saturated heterocycles. The van der Waals surface area contributed by atoms with Gasteiger partial charge in [0.05, 0.1) is 5.54 Å². The van der Waals surface area contributed by atoms with Crippen molar-refractivity contribution < 1.29 is 4.79 Å². The first-order chi connectivity index (χ1) is 7.17. The molecule has 0 aromatic carbocycles. The normalized spacial score (nSPS) is 12.1. The predicted molar refractivity (Wildman–Crippen MR) is 66.6 cm³/mol.